The lowest BCUT2D eigenvalue weighted by atomic mass is 10.1. The summed E-state index contributed by atoms with van der Waals surface area (Å²) in [6, 6.07) is 5.52. The Kier molecular flexibility index (Phi) is 12.0. The van der Waals surface area contributed by atoms with E-state index in [4.69, 9.17) is 0 Å². The first kappa shape index (κ1) is 25.0. The van der Waals surface area contributed by atoms with Gasteiger partial charge in [0.25, 0.3) is 5.91 Å². The lowest BCUT2D eigenvalue weighted by Crippen LogP contribution is -2.35. The molecule has 0 bridgehead atoms. The average molecular weight is 405 g/mol. The number of benzene rings is 1. The van der Waals surface area contributed by atoms with E-state index in [9.17, 15) is 9.59 Å². The van der Waals surface area contributed by atoms with Gasteiger partial charge in [0.05, 0.1) is 5.56 Å². The molecule has 2 N–H and O–H groups in total. The first-order valence-corrected chi connectivity index (χ1v) is 11.0. The van der Waals surface area contributed by atoms with E-state index >= 15 is 0 Å². The molecular formula is C23H40N4O2. The van der Waals surface area contributed by atoms with Crippen LogP contribution in [0.15, 0.2) is 18.2 Å². The number of carbonyl (C=O) groups is 2. The van der Waals surface area contributed by atoms with Gasteiger partial charge in [-0.2, -0.15) is 0 Å². The molecule has 0 saturated heterocycles. The summed E-state index contributed by atoms with van der Waals surface area (Å²) in [5.74, 6) is -0.108. The molecule has 0 aliphatic heterocycles. The summed E-state index contributed by atoms with van der Waals surface area (Å²) in [4.78, 5) is 29.2. The van der Waals surface area contributed by atoms with Gasteiger partial charge in [-0.1, -0.05) is 46.5 Å². The molecule has 1 aromatic rings. The maximum atomic E-state index is 12.8. The minimum Gasteiger partial charge on any atom is -0.377 e. The van der Waals surface area contributed by atoms with Crippen molar-refractivity contribution in [2.24, 2.45) is 0 Å². The van der Waals surface area contributed by atoms with Crippen molar-refractivity contribution in [1.82, 2.24) is 10.2 Å². The highest BCUT2D eigenvalue weighted by Crippen LogP contribution is 2.23. The Morgan fingerprint density at radius 1 is 0.966 bits per heavy atom. The molecule has 2 amide bonds. The van der Waals surface area contributed by atoms with Gasteiger partial charge in [0, 0.05) is 45.0 Å². The maximum absolute atomic E-state index is 12.8. The zero-order valence-corrected chi connectivity index (χ0v) is 19.0. The fourth-order valence-corrected chi connectivity index (χ4v) is 3.26. The molecule has 29 heavy (non-hydrogen) atoms. The van der Waals surface area contributed by atoms with Gasteiger partial charge in [-0.3, -0.25) is 9.59 Å². The molecule has 164 valence electrons. The number of carbonyl (C=O) groups excluding carboxylic acids is 2. The molecule has 0 fully saturated rings. The largest absolute Gasteiger partial charge is 0.377 e. The second-order valence-electron chi connectivity index (χ2n) is 7.62. The topological polar surface area (TPSA) is 64.7 Å². The predicted octanol–water partition coefficient (Wildman–Crippen LogP) is 4.12. The van der Waals surface area contributed by atoms with Crippen LogP contribution < -0.4 is 15.5 Å². The number of hydrogen-bond acceptors (Lipinski definition) is 4. The molecule has 1 aromatic carbocycles. The molecule has 0 unspecified atom stereocenters. The number of likely N-dealkylation sites (N-methyl/N-ethyl adjacent to an activating group) is 1. The Balaban J connectivity index is 2.70. The summed E-state index contributed by atoms with van der Waals surface area (Å²) in [6.07, 6.45) is 6.11. The third-order valence-electron chi connectivity index (χ3n) is 5.12. The van der Waals surface area contributed by atoms with Crippen LogP contribution in [0.5, 0.6) is 0 Å². The molecule has 0 radical (unpaired) electrons. The van der Waals surface area contributed by atoms with Gasteiger partial charge >= 0.3 is 0 Å². The van der Waals surface area contributed by atoms with E-state index < -0.39 is 0 Å². The van der Waals surface area contributed by atoms with Crippen LogP contribution in [0.4, 0.5) is 11.4 Å². The van der Waals surface area contributed by atoms with Crippen LogP contribution >= 0.6 is 0 Å². The van der Waals surface area contributed by atoms with E-state index in [1.165, 1.54) is 19.3 Å². The predicted molar refractivity (Wildman–Crippen MR) is 123 cm³/mol. The smallest absolute Gasteiger partial charge is 0.253 e. The van der Waals surface area contributed by atoms with Crippen LogP contribution in [0.1, 0.15) is 69.7 Å². The van der Waals surface area contributed by atoms with Gasteiger partial charge in [-0.15, -0.1) is 0 Å². The standard InChI is InChI=1S/C23H40N4O2/c1-6-9-10-11-12-13-22(28)25-19-14-15-21(26(4)5)20(18-19)23(29)24-16-17-27(7-2)8-3/h14-15,18H,6-13,16-17H2,1-5H3,(H,24,29)(H,25,28). The van der Waals surface area contributed by atoms with Crippen molar-refractivity contribution < 1.29 is 9.59 Å². The van der Waals surface area contributed by atoms with E-state index in [0.29, 0.717) is 24.2 Å². The lowest BCUT2D eigenvalue weighted by molar-refractivity contribution is -0.116. The number of nitrogens with zero attached hydrogens (tertiary/aromatic N) is 2. The van der Waals surface area contributed by atoms with Crippen LogP contribution in [0.25, 0.3) is 0 Å². The average Bonchev–Trinajstić information content (AvgIpc) is 2.70. The number of rotatable bonds is 14. The number of amides is 2. The summed E-state index contributed by atoms with van der Waals surface area (Å²) in [6.45, 7) is 9.77. The molecule has 0 atom stereocenters. The summed E-state index contributed by atoms with van der Waals surface area (Å²) >= 11 is 0. The summed E-state index contributed by atoms with van der Waals surface area (Å²) < 4.78 is 0. The maximum Gasteiger partial charge on any atom is 0.253 e. The highest BCUT2D eigenvalue weighted by Gasteiger charge is 2.15. The van der Waals surface area contributed by atoms with Crippen molar-refractivity contribution in [2.75, 3.05) is 50.5 Å². The first-order valence-electron chi connectivity index (χ1n) is 11.0. The molecule has 1 rings (SSSR count). The monoisotopic (exact) mass is 404 g/mol. The molecule has 0 heterocycles. The van der Waals surface area contributed by atoms with Crippen LogP contribution in [0, 0.1) is 0 Å². The Labute approximate surface area is 177 Å². The van der Waals surface area contributed by atoms with E-state index in [1.54, 1.807) is 6.07 Å². The zero-order valence-electron chi connectivity index (χ0n) is 19.0. The molecule has 0 aliphatic rings. The van der Waals surface area contributed by atoms with Gasteiger partial charge in [0.15, 0.2) is 0 Å². The molecule has 0 aliphatic carbocycles. The summed E-state index contributed by atoms with van der Waals surface area (Å²) in [7, 11) is 3.83. The summed E-state index contributed by atoms with van der Waals surface area (Å²) in [5, 5.41) is 5.95. The van der Waals surface area contributed by atoms with Gasteiger partial charge in [0.1, 0.15) is 0 Å². The third kappa shape index (κ3) is 9.31. The van der Waals surface area contributed by atoms with Crippen LogP contribution in [-0.4, -0.2) is 57.0 Å². The van der Waals surface area contributed by atoms with Crippen molar-refractivity contribution in [2.45, 2.75) is 59.3 Å². The molecule has 0 aromatic heterocycles. The fraction of sp³-hybridized carbons (Fsp3) is 0.652. The summed E-state index contributed by atoms with van der Waals surface area (Å²) in [5.41, 5.74) is 2.08. The molecule has 6 heteroatoms. The Bertz CT molecular complexity index is 627. The normalized spacial score (nSPS) is 10.8. The highest BCUT2D eigenvalue weighted by molar-refractivity contribution is 6.02. The van der Waals surface area contributed by atoms with Crippen molar-refractivity contribution >= 4 is 23.2 Å². The highest BCUT2D eigenvalue weighted by atomic mass is 16.2. The van der Waals surface area contributed by atoms with Crippen molar-refractivity contribution in [1.29, 1.82) is 0 Å². The second-order valence-corrected chi connectivity index (χ2v) is 7.62. The first-order chi connectivity index (χ1) is 13.9. The molecule has 6 nitrogen and oxygen atoms in total. The van der Waals surface area contributed by atoms with E-state index in [-0.39, 0.29) is 11.8 Å². The van der Waals surface area contributed by atoms with Crippen LogP contribution in [-0.2, 0) is 4.79 Å². The Morgan fingerprint density at radius 2 is 1.66 bits per heavy atom. The minimum absolute atomic E-state index is 0.00648. The Morgan fingerprint density at radius 3 is 2.28 bits per heavy atom. The number of hydrogen-bond donors (Lipinski definition) is 2. The van der Waals surface area contributed by atoms with Crippen LogP contribution in [0.3, 0.4) is 0 Å². The van der Waals surface area contributed by atoms with Crippen LogP contribution in [0.2, 0.25) is 0 Å². The Hall–Kier alpha value is -2.08. The second kappa shape index (κ2) is 14.0. The molecular weight excluding hydrogens is 364 g/mol. The van der Waals surface area contributed by atoms with Gasteiger partial charge in [0.2, 0.25) is 5.91 Å². The van der Waals surface area contributed by atoms with E-state index in [1.807, 2.05) is 31.1 Å². The SMILES string of the molecule is CCCCCCCC(=O)Nc1ccc(N(C)C)c(C(=O)NCCN(CC)CC)c1. The van der Waals surface area contributed by atoms with Crippen molar-refractivity contribution in [3.05, 3.63) is 23.8 Å². The van der Waals surface area contributed by atoms with E-state index in [2.05, 4.69) is 36.3 Å². The number of anilines is 2. The fourth-order valence-electron chi connectivity index (χ4n) is 3.26. The molecule has 0 saturated carbocycles. The van der Waals surface area contributed by atoms with Crippen molar-refractivity contribution in [3.8, 4) is 0 Å². The van der Waals surface area contributed by atoms with E-state index in [0.717, 1.165) is 38.2 Å². The molecule has 0 spiro atoms. The quantitative estimate of drug-likeness (QED) is 0.458. The number of nitrogens with one attached hydrogen (secondary N) is 2. The van der Waals surface area contributed by atoms with Gasteiger partial charge in [-0.05, 0) is 37.7 Å². The third-order valence-corrected chi connectivity index (χ3v) is 5.12. The minimum atomic E-state index is -0.114. The zero-order chi connectivity index (χ0) is 21.6. The lowest BCUT2D eigenvalue weighted by Gasteiger charge is -2.20. The number of unbranched alkanes of at least 4 members (excludes halogenated alkanes) is 4. The van der Waals surface area contributed by atoms with Gasteiger partial charge in [-0.25, -0.2) is 0 Å². The van der Waals surface area contributed by atoms with Gasteiger partial charge < -0.3 is 20.4 Å². The van der Waals surface area contributed by atoms with Crippen molar-refractivity contribution in [3.63, 3.8) is 0 Å².